The molecule has 516 valence electrons. The van der Waals surface area contributed by atoms with E-state index in [9.17, 15) is 43.2 Å². The van der Waals surface area contributed by atoms with Crippen LogP contribution in [0.2, 0.25) is 0 Å². The summed E-state index contributed by atoms with van der Waals surface area (Å²) >= 11 is 0. The van der Waals surface area contributed by atoms with Gasteiger partial charge in [-0.1, -0.05) is 280 Å². The first kappa shape index (κ1) is 85.1. The fourth-order valence-electron chi connectivity index (χ4n) is 10.1. The second-order valence-electron chi connectivity index (χ2n) is 26.2. The van der Waals surface area contributed by atoms with Crippen LogP contribution >= 0.6 is 15.6 Å². The van der Waals surface area contributed by atoms with Gasteiger partial charge in [0.1, 0.15) is 19.3 Å². The fourth-order valence-corrected chi connectivity index (χ4v) is 11.7. The van der Waals surface area contributed by atoms with Gasteiger partial charge in [0.15, 0.2) is 12.2 Å². The Morgan fingerprint density at radius 2 is 0.552 bits per heavy atom. The normalized spacial score (nSPS) is 14.6. The Balaban J connectivity index is 5.17. The van der Waals surface area contributed by atoms with Crippen molar-refractivity contribution < 1.29 is 80.2 Å². The van der Waals surface area contributed by atoms with Crippen LogP contribution in [0.5, 0.6) is 0 Å². The summed E-state index contributed by atoms with van der Waals surface area (Å²) in [5.41, 5.74) is 0. The van der Waals surface area contributed by atoms with Crippen LogP contribution in [0.3, 0.4) is 0 Å². The Kier molecular flexibility index (Phi) is 56.6. The number of rotatable bonds is 65. The highest BCUT2D eigenvalue weighted by molar-refractivity contribution is 7.47. The van der Waals surface area contributed by atoms with Crippen LogP contribution in [-0.4, -0.2) is 96.7 Å². The van der Waals surface area contributed by atoms with Gasteiger partial charge in [-0.2, -0.15) is 0 Å². The van der Waals surface area contributed by atoms with E-state index >= 15 is 0 Å². The number of hydrogen-bond donors (Lipinski definition) is 3. The Morgan fingerprint density at radius 3 is 0.816 bits per heavy atom. The van der Waals surface area contributed by atoms with E-state index in [2.05, 4.69) is 55.4 Å². The van der Waals surface area contributed by atoms with E-state index in [0.29, 0.717) is 43.4 Å². The molecule has 0 spiro atoms. The summed E-state index contributed by atoms with van der Waals surface area (Å²) in [6, 6.07) is 0. The first-order valence-electron chi connectivity index (χ1n) is 35.2. The van der Waals surface area contributed by atoms with Gasteiger partial charge in [-0.3, -0.25) is 37.3 Å². The quantitative estimate of drug-likeness (QED) is 0.0222. The summed E-state index contributed by atoms with van der Waals surface area (Å²) < 4.78 is 68.1. The first-order chi connectivity index (χ1) is 41.6. The van der Waals surface area contributed by atoms with Crippen molar-refractivity contribution in [2.75, 3.05) is 39.6 Å². The predicted molar refractivity (Wildman–Crippen MR) is 349 cm³/mol. The lowest BCUT2D eigenvalue weighted by molar-refractivity contribution is -0.161. The molecule has 0 amide bonds. The second-order valence-corrected chi connectivity index (χ2v) is 29.1. The predicted octanol–water partition coefficient (Wildman–Crippen LogP) is 18.9. The summed E-state index contributed by atoms with van der Waals surface area (Å²) in [6.45, 7) is 14.0. The van der Waals surface area contributed by atoms with Crippen molar-refractivity contribution in [1.82, 2.24) is 0 Å². The first-order valence-corrected chi connectivity index (χ1v) is 38.2. The minimum atomic E-state index is -4.95. The molecule has 17 nitrogen and oxygen atoms in total. The minimum Gasteiger partial charge on any atom is -0.462 e. The molecule has 6 atom stereocenters. The highest BCUT2D eigenvalue weighted by Crippen LogP contribution is 2.45. The molecule has 0 aromatic rings. The lowest BCUT2D eigenvalue weighted by atomic mass is 9.99. The van der Waals surface area contributed by atoms with Gasteiger partial charge < -0.3 is 33.8 Å². The highest BCUT2D eigenvalue weighted by Gasteiger charge is 2.30. The Hall–Kier alpha value is -1.94. The number of unbranched alkanes of at least 4 members (excludes halogenated alkanes) is 30. The number of phosphoric acid groups is 2. The Morgan fingerprint density at radius 1 is 0.322 bits per heavy atom. The lowest BCUT2D eigenvalue weighted by Crippen LogP contribution is -2.30. The summed E-state index contributed by atoms with van der Waals surface area (Å²) in [5, 5.41) is 10.6. The van der Waals surface area contributed by atoms with Crippen molar-refractivity contribution in [3.05, 3.63) is 0 Å². The van der Waals surface area contributed by atoms with Gasteiger partial charge in [0.2, 0.25) is 0 Å². The molecular weight excluding hydrogens is 1150 g/mol. The third kappa shape index (κ3) is 61.3. The number of phosphoric ester groups is 2. The van der Waals surface area contributed by atoms with E-state index in [4.69, 9.17) is 37.0 Å². The van der Waals surface area contributed by atoms with Crippen LogP contribution in [0, 0.1) is 23.7 Å². The van der Waals surface area contributed by atoms with Crippen molar-refractivity contribution in [2.45, 2.75) is 350 Å². The van der Waals surface area contributed by atoms with Crippen LogP contribution < -0.4 is 0 Å². The Bertz CT molecular complexity index is 1730. The zero-order chi connectivity index (χ0) is 64.7. The third-order valence-corrected chi connectivity index (χ3v) is 17.8. The monoisotopic (exact) mass is 1280 g/mol. The molecule has 0 bridgehead atoms. The molecule has 0 saturated carbocycles. The minimum absolute atomic E-state index is 0.102. The fraction of sp³-hybridized carbons (Fsp3) is 0.941. The summed E-state index contributed by atoms with van der Waals surface area (Å²) in [5.74, 6) is 0.782. The number of carbonyl (C=O) groups excluding carboxylic acids is 4. The molecule has 19 heteroatoms. The highest BCUT2D eigenvalue weighted by atomic mass is 31.2. The van der Waals surface area contributed by atoms with Crippen molar-refractivity contribution in [2.24, 2.45) is 23.7 Å². The topological polar surface area (TPSA) is 237 Å². The maximum atomic E-state index is 13.0. The van der Waals surface area contributed by atoms with E-state index in [1.54, 1.807) is 0 Å². The molecule has 87 heavy (non-hydrogen) atoms. The van der Waals surface area contributed by atoms with Crippen molar-refractivity contribution in [3.8, 4) is 0 Å². The Labute approximate surface area is 530 Å². The van der Waals surface area contributed by atoms with Crippen LogP contribution in [0.1, 0.15) is 331 Å². The van der Waals surface area contributed by atoms with Gasteiger partial charge >= 0.3 is 39.5 Å². The van der Waals surface area contributed by atoms with Crippen molar-refractivity contribution in [1.29, 1.82) is 0 Å². The van der Waals surface area contributed by atoms with E-state index in [0.717, 1.165) is 102 Å². The van der Waals surface area contributed by atoms with Gasteiger partial charge in [-0.25, -0.2) is 9.13 Å². The molecule has 0 aliphatic carbocycles. The molecule has 0 fully saturated rings. The molecular formula is C68H132O17P2. The maximum Gasteiger partial charge on any atom is 0.472 e. The van der Waals surface area contributed by atoms with Crippen LogP contribution in [-0.2, 0) is 65.4 Å². The lowest BCUT2D eigenvalue weighted by Gasteiger charge is -2.21. The standard InChI is InChI=1S/C68H132O17P2/c1-9-61(8)47-39-31-22-16-14-12-10-11-13-15-17-23-32-40-48-65(70)78-54-63(84-67(72)50-42-34-24-18-20-28-36-44-58(2)3)56-82-86(74,75)80-52-62(69)53-81-87(76,77)83-57-64(55-79-66(71)49-41-33-27-26-30-38-46-60(6)7)85-68(73)51-43-35-25-19-21-29-37-45-59(4)5/h58-64,69H,9-57H2,1-8H3,(H,74,75)(H,76,77)/t61?,62-,63-,64-/m1/s1. The van der Waals surface area contributed by atoms with E-state index in [1.807, 2.05) is 0 Å². The number of aliphatic hydroxyl groups excluding tert-OH is 1. The molecule has 0 saturated heterocycles. The number of aliphatic hydroxyl groups is 1. The van der Waals surface area contributed by atoms with Gasteiger partial charge in [-0.05, 0) is 49.4 Å². The molecule has 3 unspecified atom stereocenters. The number of esters is 4. The smallest absolute Gasteiger partial charge is 0.462 e. The SMILES string of the molecule is CCC(C)CCCCCCCCCCCCCCCCC(=O)OC[C@H](COP(=O)(O)OC[C@@H](O)COP(=O)(O)OC[C@@H](COC(=O)CCCCCCCCC(C)C)OC(=O)CCCCCCCCCC(C)C)OC(=O)CCCCCCCCCC(C)C. The molecule has 0 heterocycles. The van der Waals surface area contributed by atoms with Gasteiger partial charge in [0.05, 0.1) is 26.4 Å². The summed E-state index contributed by atoms with van der Waals surface area (Å²) in [4.78, 5) is 72.3. The molecule has 0 aromatic heterocycles. The average Bonchev–Trinajstić information content (AvgIpc) is 3.69. The van der Waals surface area contributed by atoms with Crippen LogP contribution in [0.4, 0.5) is 0 Å². The number of ether oxygens (including phenoxy) is 4. The van der Waals surface area contributed by atoms with Crippen molar-refractivity contribution >= 4 is 39.5 Å². The van der Waals surface area contributed by atoms with E-state index in [-0.39, 0.29) is 25.7 Å². The molecule has 3 N–H and O–H groups in total. The van der Waals surface area contributed by atoms with Crippen LogP contribution in [0.15, 0.2) is 0 Å². The van der Waals surface area contributed by atoms with E-state index < -0.39 is 97.5 Å². The number of hydrogen-bond acceptors (Lipinski definition) is 15. The third-order valence-electron chi connectivity index (χ3n) is 15.9. The molecule has 0 aliphatic heterocycles. The number of carbonyl (C=O) groups is 4. The second kappa shape index (κ2) is 57.9. The molecule has 0 aromatic carbocycles. The van der Waals surface area contributed by atoms with Crippen molar-refractivity contribution in [3.63, 3.8) is 0 Å². The van der Waals surface area contributed by atoms with Gasteiger partial charge in [0, 0.05) is 25.7 Å². The molecule has 0 rings (SSSR count). The maximum absolute atomic E-state index is 13.0. The van der Waals surface area contributed by atoms with E-state index in [1.165, 1.54) is 128 Å². The zero-order valence-corrected chi connectivity index (χ0v) is 58.4. The van der Waals surface area contributed by atoms with Gasteiger partial charge in [0.25, 0.3) is 0 Å². The van der Waals surface area contributed by atoms with Crippen LogP contribution in [0.25, 0.3) is 0 Å². The average molecular weight is 1280 g/mol. The molecule has 0 radical (unpaired) electrons. The summed E-state index contributed by atoms with van der Waals surface area (Å²) in [7, 11) is -9.89. The van der Waals surface area contributed by atoms with Gasteiger partial charge in [-0.15, -0.1) is 0 Å². The molecule has 0 aliphatic rings. The summed E-state index contributed by atoms with van der Waals surface area (Å²) in [6.07, 6.45) is 39.3. The largest absolute Gasteiger partial charge is 0.472 e. The zero-order valence-electron chi connectivity index (χ0n) is 56.6.